The van der Waals surface area contributed by atoms with E-state index in [0.717, 1.165) is 0 Å². The predicted octanol–water partition coefficient (Wildman–Crippen LogP) is 0.714. The van der Waals surface area contributed by atoms with Crippen LogP contribution in [-0.4, -0.2) is 41.6 Å². The number of aliphatic hydroxyl groups is 1. The molecule has 9 heavy (non-hydrogen) atoms. The lowest BCUT2D eigenvalue weighted by molar-refractivity contribution is 0.226. The Morgan fingerprint density at radius 3 is 2.44 bits per heavy atom. The van der Waals surface area contributed by atoms with Crippen LogP contribution in [0.25, 0.3) is 0 Å². The molecule has 0 aliphatic carbocycles. The summed E-state index contributed by atoms with van der Waals surface area (Å²) in [5.74, 6) is 0. The fraction of sp³-hybridized carbons (Fsp3) is 1.00. The van der Waals surface area contributed by atoms with E-state index in [1.165, 1.54) is 0 Å². The molecular formula is C5H11Cl2NO. The molecule has 0 bridgehead atoms. The Labute approximate surface area is 65.4 Å². The standard InChI is InChI=1S/C5H11Cl2NO/c1-8(2-3-9)4-5(6)7/h5,9H,2-4H2,1H3. The molecule has 0 heterocycles. The molecule has 0 aromatic rings. The molecule has 0 saturated carbocycles. The van der Waals surface area contributed by atoms with Crippen LogP contribution in [0, 0.1) is 0 Å². The topological polar surface area (TPSA) is 23.5 Å². The van der Waals surface area contributed by atoms with E-state index in [9.17, 15) is 0 Å². The van der Waals surface area contributed by atoms with Crippen LogP contribution in [-0.2, 0) is 0 Å². The van der Waals surface area contributed by atoms with Crippen molar-refractivity contribution in [1.29, 1.82) is 0 Å². The minimum Gasteiger partial charge on any atom is -0.395 e. The third-order valence-corrected chi connectivity index (χ3v) is 1.21. The molecule has 0 aromatic heterocycles. The normalized spacial score (nSPS) is 11.3. The molecular weight excluding hydrogens is 161 g/mol. The fourth-order valence-electron chi connectivity index (χ4n) is 0.498. The maximum atomic E-state index is 8.42. The van der Waals surface area contributed by atoms with Gasteiger partial charge in [0.2, 0.25) is 0 Å². The Morgan fingerprint density at radius 2 is 2.11 bits per heavy atom. The highest BCUT2D eigenvalue weighted by Crippen LogP contribution is 2.01. The molecule has 0 fully saturated rings. The summed E-state index contributed by atoms with van der Waals surface area (Å²) in [7, 11) is 1.86. The van der Waals surface area contributed by atoms with E-state index in [1.54, 1.807) is 0 Å². The molecule has 0 spiro atoms. The Morgan fingerprint density at radius 1 is 1.56 bits per heavy atom. The molecule has 0 rings (SSSR count). The van der Waals surface area contributed by atoms with Crippen molar-refractivity contribution in [3.05, 3.63) is 0 Å². The van der Waals surface area contributed by atoms with Gasteiger partial charge in [0.1, 0.15) is 4.84 Å². The van der Waals surface area contributed by atoms with Gasteiger partial charge in [-0.2, -0.15) is 0 Å². The predicted molar refractivity (Wildman–Crippen MR) is 40.1 cm³/mol. The Bertz CT molecular complexity index is 70.0. The largest absolute Gasteiger partial charge is 0.395 e. The Balaban J connectivity index is 3.15. The molecule has 0 aromatic carbocycles. The smallest absolute Gasteiger partial charge is 0.120 e. The van der Waals surface area contributed by atoms with Crippen LogP contribution in [0.5, 0.6) is 0 Å². The molecule has 0 amide bonds. The lowest BCUT2D eigenvalue weighted by atomic mass is 10.5. The first-order valence-corrected chi connectivity index (χ1v) is 3.61. The van der Waals surface area contributed by atoms with Crippen LogP contribution in [0.1, 0.15) is 0 Å². The molecule has 0 atom stereocenters. The zero-order valence-corrected chi connectivity index (χ0v) is 6.86. The monoisotopic (exact) mass is 171 g/mol. The highest BCUT2D eigenvalue weighted by Gasteiger charge is 2.02. The van der Waals surface area contributed by atoms with Gasteiger partial charge >= 0.3 is 0 Å². The van der Waals surface area contributed by atoms with E-state index in [2.05, 4.69) is 0 Å². The number of nitrogens with zero attached hydrogens (tertiary/aromatic N) is 1. The second-order valence-electron chi connectivity index (χ2n) is 1.88. The van der Waals surface area contributed by atoms with Gasteiger partial charge in [0.25, 0.3) is 0 Å². The van der Waals surface area contributed by atoms with Gasteiger partial charge in [0.15, 0.2) is 0 Å². The molecule has 0 saturated heterocycles. The molecule has 0 aliphatic heterocycles. The minimum absolute atomic E-state index is 0.150. The van der Waals surface area contributed by atoms with Crippen molar-refractivity contribution in [3.63, 3.8) is 0 Å². The summed E-state index contributed by atoms with van der Waals surface area (Å²) < 4.78 is 0. The number of rotatable bonds is 4. The lowest BCUT2D eigenvalue weighted by Crippen LogP contribution is -2.26. The van der Waals surface area contributed by atoms with Crippen molar-refractivity contribution in [2.75, 3.05) is 26.7 Å². The SMILES string of the molecule is CN(CCO)CC(Cl)Cl. The van der Waals surface area contributed by atoms with Gasteiger partial charge < -0.3 is 10.0 Å². The van der Waals surface area contributed by atoms with Crippen molar-refractivity contribution < 1.29 is 5.11 Å². The summed E-state index contributed by atoms with van der Waals surface area (Å²) in [5.41, 5.74) is 0. The maximum Gasteiger partial charge on any atom is 0.120 e. The molecule has 0 aliphatic rings. The summed E-state index contributed by atoms with van der Waals surface area (Å²) >= 11 is 10.9. The number of halogens is 2. The fourth-order valence-corrected chi connectivity index (χ4v) is 0.969. The minimum atomic E-state index is -0.360. The van der Waals surface area contributed by atoms with E-state index < -0.39 is 0 Å². The van der Waals surface area contributed by atoms with E-state index >= 15 is 0 Å². The van der Waals surface area contributed by atoms with Gasteiger partial charge in [-0.25, -0.2) is 0 Å². The zero-order valence-electron chi connectivity index (χ0n) is 5.35. The van der Waals surface area contributed by atoms with Gasteiger partial charge in [0, 0.05) is 13.1 Å². The van der Waals surface area contributed by atoms with E-state index in [-0.39, 0.29) is 11.4 Å². The number of alkyl halides is 2. The third-order valence-electron chi connectivity index (χ3n) is 0.931. The van der Waals surface area contributed by atoms with Crippen LogP contribution in [0.2, 0.25) is 0 Å². The van der Waals surface area contributed by atoms with Crippen molar-refractivity contribution >= 4 is 23.2 Å². The molecule has 56 valence electrons. The van der Waals surface area contributed by atoms with Crippen LogP contribution in [0.4, 0.5) is 0 Å². The summed E-state index contributed by atoms with van der Waals surface area (Å²) in [6, 6.07) is 0. The van der Waals surface area contributed by atoms with Gasteiger partial charge in [-0.15, -0.1) is 23.2 Å². The van der Waals surface area contributed by atoms with Crippen molar-refractivity contribution in [2.45, 2.75) is 4.84 Å². The maximum absolute atomic E-state index is 8.42. The molecule has 2 nitrogen and oxygen atoms in total. The second-order valence-corrected chi connectivity index (χ2v) is 3.15. The Hall–Kier alpha value is 0.500. The van der Waals surface area contributed by atoms with Gasteiger partial charge in [-0.1, -0.05) is 0 Å². The van der Waals surface area contributed by atoms with Crippen LogP contribution >= 0.6 is 23.2 Å². The van der Waals surface area contributed by atoms with Gasteiger partial charge in [-0.3, -0.25) is 0 Å². The van der Waals surface area contributed by atoms with E-state index in [1.807, 2.05) is 11.9 Å². The van der Waals surface area contributed by atoms with Crippen molar-refractivity contribution in [3.8, 4) is 0 Å². The van der Waals surface area contributed by atoms with Gasteiger partial charge in [-0.05, 0) is 7.05 Å². The number of likely N-dealkylation sites (N-methyl/N-ethyl adjacent to an activating group) is 1. The van der Waals surface area contributed by atoms with E-state index in [4.69, 9.17) is 28.3 Å². The summed E-state index contributed by atoms with van der Waals surface area (Å²) in [5, 5.41) is 8.42. The van der Waals surface area contributed by atoms with Crippen molar-refractivity contribution in [1.82, 2.24) is 4.90 Å². The first-order valence-electron chi connectivity index (χ1n) is 2.74. The zero-order chi connectivity index (χ0) is 7.28. The molecule has 0 radical (unpaired) electrons. The van der Waals surface area contributed by atoms with E-state index in [0.29, 0.717) is 13.1 Å². The average Bonchev–Trinajstić information content (AvgIpc) is 1.63. The number of hydrogen-bond acceptors (Lipinski definition) is 2. The first-order chi connectivity index (χ1) is 4.16. The summed E-state index contributed by atoms with van der Waals surface area (Å²) in [4.78, 5) is 1.51. The Kier molecular flexibility index (Phi) is 5.59. The van der Waals surface area contributed by atoms with Crippen LogP contribution in [0.3, 0.4) is 0 Å². The molecule has 4 heteroatoms. The molecule has 0 unspecified atom stereocenters. The molecule has 1 N–H and O–H groups in total. The average molecular weight is 172 g/mol. The quantitative estimate of drug-likeness (QED) is 0.631. The summed E-state index contributed by atoms with van der Waals surface area (Å²) in [6.45, 7) is 1.37. The lowest BCUT2D eigenvalue weighted by Gasteiger charge is -2.14. The summed E-state index contributed by atoms with van der Waals surface area (Å²) in [6.07, 6.45) is 0. The highest BCUT2D eigenvalue weighted by molar-refractivity contribution is 6.44. The van der Waals surface area contributed by atoms with Crippen molar-refractivity contribution in [2.24, 2.45) is 0 Å². The number of hydrogen-bond donors (Lipinski definition) is 1. The third kappa shape index (κ3) is 6.38. The first kappa shape index (κ1) is 9.50. The highest BCUT2D eigenvalue weighted by atomic mass is 35.5. The van der Waals surface area contributed by atoms with Crippen LogP contribution < -0.4 is 0 Å². The number of aliphatic hydroxyl groups excluding tert-OH is 1. The van der Waals surface area contributed by atoms with Crippen LogP contribution in [0.15, 0.2) is 0 Å². The second kappa shape index (κ2) is 5.30. The van der Waals surface area contributed by atoms with Gasteiger partial charge in [0.05, 0.1) is 6.61 Å².